The van der Waals surface area contributed by atoms with E-state index in [9.17, 15) is 9.59 Å². The van der Waals surface area contributed by atoms with Crippen LogP contribution >= 0.6 is 0 Å². The molecule has 0 radical (unpaired) electrons. The fourth-order valence-electron chi connectivity index (χ4n) is 3.09. The van der Waals surface area contributed by atoms with Gasteiger partial charge >= 0.3 is 0 Å². The van der Waals surface area contributed by atoms with Gasteiger partial charge in [-0.3, -0.25) is 9.59 Å². The Balaban J connectivity index is 1.80. The van der Waals surface area contributed by atoms with E-state index in [1.165, 1.54) is 0 Å². The number of carbonyl (C=O) groups excluding carboxylic acids is 2. The predicted molar refractivity (Wildman–Crippen MR) is 78.9 cm³/mol. The average Bonchev–Trinajstić information content (AvgIpc) is 2.77. The second kappa shape index (κ2) is 3.69. The first-order valence-electron chi connectivity index (χ1n) is 7.22. The number of nitrogens with one attached hydrogen (secondary N) is 2. The molecule has 1 aromatic heterocycles. The summed E-state index contributed by atoms with van der Waals surface area (Å²) in [5.41, 5.74) is 1.43. The lowest BCUT2D eigenvalue weighted by atomic mass is 9.87. The Morgan fingerprint density at radius 3 is 2.76 bits per heavy atom. The summed E-state index contributed by atoms with van der Waals surface area (Å²) in [5.74, 6) is 0.948. The summed E-state index contributed by atoms with van der Waals surface area (Å²) in [4.78, 5) is 31.9. The van der Waals surface area contributed by atoms with Gasteiger partial charge in [0.05, 0.1) is 11.3 Å². The number of aromatic nitrogens is 1. The standard InChI is InChI=1S/C15H18N4O2/c1-15(2,3)12(20)8-6-16-13-11(8)17-9-7-19(13)10-4-5-18(10)14(9)21/h6-7,10,16-17H,4-5H2,1-3H3. The molecule has 2 bridgehead atoms. The third-order valence-electron chi connectivity index (χ3n) is 4.37. The van der Waals surface area contributed by atoms with Crippen LogP contribution in [0.2, 0.25) is 0 Å². The summed E-state index contributed by atoms with van der Waals surface area (Å²) >= 11 is 0. The lowest BCUT2D eigenvalue weighted by molar-refractivity contribution is -0.135. The monoisotopic (exact) mass is 286 g/mol. The van der Waals surface area contributed by atoms with Gasteiger partial charge in [-0.15, -0.1) is 0 Å². The summed E-state index contributed by atoms with van der Waals surface area (Å²) in [5, 5.41) is 3.14. The highest BCUT2D eigenvalue weighted by molar-refractivity contribution is 6.10. The number of aromatic amines is 1. The molecule has 1 unspecified atom stereocenters. The van der Waals surface area contributed by atoms with Gasteiger partial charge in [0.15, 0.2) is 5.78 Å². The SMILES string of the molecule is CC(C)(C)C(=O)c1c[nH]c2c1NC1=CN2C2CCN2C1=O. The highest BCUT2D eigenvalue weighted by Crippen LogP contribution is 2.43. The number of hydrogen-bond acceptors (Lipinski definition) is 4. The van der Waals surface area contributed by atoms with Crippen molar-refractivity contribution in [2.75, 3.05) is 16.8 Å². The first-order valence-corrected chi connectivity index (χ1v) is 7.22. The molecule has 4 rings (SSSR count). The minimum atomic E-state index is -0.458. The van der Waals surface area contributed by atoms with E-state index in [0.717, 1.165) is 24.5 Å². The van der Waals surface area contributed by atoms with Crippen molar-refractivity contribution in [2.45, 2.75) is 33.4 Å². The van der Waals surface area contributed by atoms with Gasteiger partial charge in [-0.1, -0.05) is 20.8 Å². The van der Waals surface area contributed by atoms with Gasteiger partial charge in [0.2, 0.25) is 0 Å². The van der Waals surface area contributed by atoms with Crippen molar-refractivity contribution < 1.29 is 9.59 Å². The molecule has 6 heteroatoms. The van der Waals surface area contributed by atoms with Crippen LogP contribution in [0.25, 0.3) is 0 Å². The normalized spacial score (nSPS) is 22.9. The molecule has 21 heavy (non-hydrogen) atoms. The van der Waals surface area contributed by atoms with E-state index < -0.39 is 5.41 Å². The minimum Gasteiger partial charge on any atom is -0.346 e. The van der Waals surface area contributed by atoms with E-state index >= 15 is 0 Å². The van der Waals surface area contributed by atoms with Gasteiger partial charge in [0, 0.05) is 30.8 Å². The Kier molecular flexibility index (Phi) is 2.20. The third-order valence-corrected chi connectivity index (χ3v) is 4.37. The fraction of sp³-hybridized carbons (Fsp3) is 0.467. The maximum atomic E-state index is 12.6. The first-order chi connectivity index (χ1) is 9.88. The first kappa shape index (κ1) is 12.5. The molecule has 0 spiro atoms. The quantitative estimate of drug-likeness (QED) is 0.774. The molecule has 110 valence electrons. The molecule has 3 aliphatic heterocycles. The topological polar surface area (TPSA) is 68.4 Å². The third kappa shape index (κ3) is 1.53. The Morgan fingerprint density at radius 1 is 1.38 bits per heavy atom. The molecule has 1 aromatic rings. The summed E-state index contributed by atoms with van der Waals surface area (Å²) in [7, 11) is 0. The van der Waals surface area contributed by atoms with Crippen LogP contribution in [0.5, 0.6) is 0 Å². The van der Waals surface area contributed by atoms with Crippen molar-refractivity contribution >= 4 is 23.2 Å². The maximum absolute atomic E-state index is 12.6. The van der Waals surface area contributed by atoms with Crippen LogP contribution < -0.4 is 10.2 Å². The lowest BCUT2D eigenvalue weighted by Gasteiger charge is -2.51. The maximum Gasteiger partial charge on any atom is 0.273 e. The van der Waals surface area contributed by atoms with E-state index in [1.807, 2.05) is 31.9 Å². The highest BCUT2D eigenvalue weighted by atomic mass is 16.2. The summed E-state index contributed by atoms with van der Waals surface area (Å²) in [6, 6.07) is 0. The summed E-state index contributed by atoms with van der Waals surface area (Å²) < 4.78 is 0. The van der Waals surface area contributed by atoms with Gasteiger partial charge in [-0.05, 0) is 0 Å². The van der Waals surface area contributed by atoms with Crippen molar-refractivity contribution in [1.82, 2.24) is 9.88 Å². The molecule has 1 amide bonds. The molecule has 4 heterocycles. The number of hydrogen-bond donors (Lipinski definition) is 2. The van der Waals surface area contributed by atoms with Crippen molar-refractivity contribution in [1.29, 1.82) is 0 Å². The number of rotatable bonds is 1. The van der Waals surface area contributed by atoms with Gasteiger partial charge in [-0.2, -0.15) is 0 Å². The molecule has 3 aliphatic rings. The van der Waals surface area contributed by atoms with Crippen molar-refractivity contribution in [3.05, 3.63) is 23.7 Å². The van der Waals surface area contributed by atoms with Crippen LogP contribution in [0.4, 0.5) is 11.5 Å². The van der Waals surface area contributed by atoms with Crippen LogP contribution in [-0.4, -0.2) is 34.3 Å². The van der Waals surface area contributed by atoms with Crippen molar-refractivity contribution in [3.63, 3.8) is 0 Å². The predicted octanol–water partition coefficient (Wildman–Crippen LogP) is 1.89. The zero-order chi connectivity index (χ0) is 14.9. The molecule has 6 nitrogen and oxygen atoms in total. The number of Topliss-reactive ketones (excluding diaryl/α,β-unsaturated/α-hetero) is 1. The van der Waals surface area contributed by atoms with E-state index in [4.69, 9.17) is 0 Å². The number of fused-ring (bicyclic) bond motifs is 5. The Bertz CT molecular complexity index is 695. The smallest absolute Gasteiger partial charge is 0.273 e. The minimum absolute atomic E-state index is 0.0171. The Labute approximate surface area is 122 Å². The number of ketones is 1. The van der Waals surface area contributed by atoms with Crippen molar-refractivity contribution in [3.8, 4) is 0 Å². The van der Waals surface area contributed by atoms with Crippen molar-refractivity contribution in [2.24, 2.45) is 5.41 Å². The average molecular weight is 286 g/mol. The lowest BCUT2D eigenvalue weighted by Crippen LogP contribution is -2.63. The highest BCUT2D eigenvalue weighted by Gasteiger charge is 2.45. The van der Waals surface area contributed by atoms with Gasteiger partial charge in [0.25, 0.3) is 5.91 Å². The largest absolute Gasteiger partial charge is 0.346 e. The second-order valence-corrected chi connectivity index (χ2v) is 6.85. The zero-order valence-electron chi connectivity index (χ0n) is 12.4. The molecule has 1 saturated heterocycles. The zero-order valence-corrected chi connectivity index (χ0v) is 12.4. The van der Waals surface area contributed by atoms with E-state index in [-0.39, 0.29) is 17.9 Å². The van der Waals surface area contributed by atoms with Crippen LogP contribution in [-0.2, 0) is 4.79 Å². The van der Waals surface area contributed by atoms with Gasteiger partial charge in [-0.25, -0.2) is 0 Å². The molecular weight excluding hydrogens is 268 g/mol. The molecular formula is C15H18N4O2. The number of carbonyl (C=O) groups is 2. The van der Waals surface area contributed by atoms with E-state index in [0.29, 0.717) is 11.3 Å². The molecule has 2 N–H and O–H groups in total. The van der Waals surface area contributed by atoms with E-state index in [1.54, 1.807) is 6.20 Å². The Morgan fingerprint density at radius 2 is 2.14 bits per heavy atom. The summed E-state index contributed by atoms with van der Waals surface area (Å²) in [6.45, 7) is 6.49. The molecule has 0 saturated carbocycles. The van der Waals surface area contributed by atoms with Gasteiger partial charge in [0.1, 0.15) is 17.7 Å². The number of amides is 1. The van der Waals surface area contributed by atoms with E-state index in [2.05, 4.69) is 15.2 Å². The molecule has 1 fully saturated rings. The fourth-order valence-corrected chi connectivity index (χ4v) is 3.09. The summed E-state index contributed by atoms with van der Waals surface area (Å²) in [6.07, 6.45) is 4.62. The van der Waals surface area contributed by atoms with Crippen LogP contribution in [0.3, 0.4) is 0 Å². The van der Waals surface area contributed by atoms with Crippen LogP contribution in [0.15, 0.2) is 18.1 Å². The number of nitrogens with zero attached hydrogens (tertiary/aromatic N) is 2. The van der Waals surface area contributed by atoms with Crippen LogP contribution in [0.1, 0.15) is 37.6 Å². The number of anilines is 2. The number of H-pyrrole nitrogens is 1. The molecule has 0 aromatic carbocycles. The van der Waals surface area contributed by atoms with Gasteiger partial charge < -0.3 is 20.1 Å². The molecule has 1 atom stereocenters. The second-order valence-electron chi connectivity index (χ2n) is 6.85. The Hall–Kier alpha value is -2.24. The molecule has 0 aliphatic carbocycles. The van der Waals surface area contributed by atoms with Crippen LogP contribution in [0, 0.1) is 5.41 Å².